The van der Waals surface area contributed by atoms with Gasteiger partial charge in [-0.2, -0.15) is 18.4 Å². The highest BCUT2D eigenvalue weighted by Gasteiger charge is 2.30. The average molecular weight is 605 g/mol. The fraction of sp³-hybridized carbons (Fsp3) is 0.0833. The highest BCUT2D eigenvalue weighted by molar-refractivity contribution is 9.10. The van der Waals surface area contributed by atoms with Crippen LogP contribution in [0.5, 0.6) is 5.75 Å². The van der Waals surface area contributed by atoms with Crippen molar-refractivity contribution in [1.82, 2.24) is 0 Å². The Morgan fingerprint density at radius 2 is 1.83 bits per heavy atom. The van der Waals surface area contributed by atoms with Gasteiger partial charge >= 0.3 is 6.18 Å². The molecule has 0 radical (unpaired) electrons. The van der Waals surface area contributed by atoms with Crippen LogP contribution in [0.15, 0.2) is 64.6 Å². The molecule has 0 aliphatic rings. The van der Waals surface area contributed by atoms with E-state index in [1.165, 1.54) is 18.2 Å². The molecule has 0 saturated heterocycles. The minimum absolute atomic E-state index is 0.102. The van der Waals surface area contributed by atoms with E-state index >= 15 is 0 Å². The van der Waals surface area contributed by atoms with Crippen LogP contribution in [0.4, 0.5) is 18.9 Å². The van der Waals surface area contributed by atoms with Crippen molar-refractivity contribution >= 4 is 68.4 Å². The van der Waals surface area contributed by atoms with Gasteiger partial charge in [-0.15, -0.1) is 0 Å². The minimum atomic E-state index is -4.57. The summed E-state index contributed by atoms with van der Waals surface area (Å²) in [7, 11) is 0. The quantitative estimate of drug-likeness (QED) is 0.227. The second-order valence-corrected chi connectivity index (χ2v) is 9.15. The fourth-order valence-corrected chi connectivity index (χ4v) is 4.33. The Morgan fingerprint density at radius 3 is 2.46 bits per heavy atom. The van der Waals surface area contributed by atoms with Crippen LogP contribution in [0.2, 0.25) is 15.1 Å². The van der Waals surface area contributed by atoms with Crippen LogP contribution >= 0.6 is 50.7 Å². The maximum absolute atomic E-state index is 12.9. The van der Waals surface area contributed by atoms with Crippen molar-refractivity contribution in [2.75, 3.05) is 5.32 Å². The van der Waals surface area contributed by atoms with Crippen molar-refractivity contribution in [2.45, 2.75) is 12.8 Å². The van der Waals surface area contributed by atoms with Crippen LogP contribution in [0.1, 0.15) is 16.7 Å². The Bertz CT molecular complexity index is 1330. The smallest absolute Gasteiger partial charge is 0.416 e. The molecule has 0 bridgehead atoms. The number of rotatable bonds is 6. The van der Waals surface area contributed by atoms with Crippen molar-refractivity contribution in [1.29, 1.82) is 5.26 Å². The first-order chi connectivity index (χ1) is 16.5. The van der Waals surface area contributed by atoms with Crippen LogP contribution in [0.3, 0.4) is 0 Å². The average Bonchev–Trinajstić information content (AvgIpc) is 2.77. The maximum Gasteiger partial charge on any atom is 0.416 e. The summed E-state index contributed by atoms with van der Waals surface area (Å²) in [5.74, 6) is -0.571. The Kier molecular flexibility index (Phi) is 8.73. The lowest BCUT2D eigenvalue weighted by molar-refractivity contribution is -0.137. The molecule has 1 amide bonds. The number of nitriles is 1. The zero-order valence-electron chi connectivity index (χ0n) is 17.4. The summed E-state index contributed by atoms with van der Waals surface area (Å²) in [5.41, 5.74) is -0.304. The van der Waals surface area contributed by atoms with Gasteiger partial charge in [0.25, 0.3) is 5.91 Å². The van der Waals surface area contributed by atoms with Gasteiger partial charge in [-0.25, -0.2) is 0 Å². The molecule has 4 nitrogen and oxygen atoms in total. The first-order valence-corrected chi connectivity index (χ1v) is 11.6. The number of carbonyl (C=O) groups is 1. The van der Waals surface area contributed by atoms with Crippen molar-refractivity contribution in [2.24, 2.45) is 0 Å². The molecular weight excluding hydrogens is 592 g/mol. The third-order valence-electron chi connectivity index (χ3n) is 4.53. The normalized spacial score (nSPS) is 11.7. The van der Waals surface area contributed by atoms with Crippen molar-refractivity contribution in [3.63, 3.8) is 0 Å². The summed E-state index contributed by atoms with van der Waals surface area (Å²) < 4.78 is 44.9. The number of hydrogen-bond acceptors (Lipinski definition) is 3. The number of nitrogens with one attached hydrogen (secondary N) is 1. The van der Waals surface area contributed by atoms with Crippen molar-refractivity contribution in [3.05, 3.63) is 96.4 Å². The second kappa shape index (κ2) is 11.4. The molecule has 0 unspecified atom stereocenters. The second-order valence-electron chi connectivity index (χ2n) is 7.04. The fourth-order valence-electron chi connectivity index (χ4n) is 2.88. The summed E-state index contributed by atoms with van der Waals surface area (Å²) >= 11 is 21.7. The van der Waals surface area contributed by atoms with Crippen LogP contribution < -0.4 is 10.1 Å². The summed E-state index contributed by atoms with van der Waals surface area (Å²) in [4.78, 5) is 12.5. The zero-order chi connectivity index (χ0) is 25.8. The lowest BCUT2D eigenvalue weighted by Crippen LogP contribution is -2.14. The topological polar surface area (TPSA) is 62.1 Å². The number of nitrogens with zero attached hydrogens (tertiary/aromatic N) is 1. The van der Waals surface area contributed by atoms with Gasteiger partial charge in [-0.3, -0.25) is 4.79 Å². The molecule has 0 heterocycles. The molecule has 0 fully saturated rings. The number of ether oxygens (including phenoxy) is 1. The Balaban J connectivity index is 1.78. The van der Waals surface area contributed by atoms with Crippen molar-refractivity contribution < 1.29 is 22.7 Å². The third-order valence-corrected chi connectivity index (χ3v) is 5.99. The van der Waals surface area contributed by atoms with E-state index < -0.39 is 17.6 Å². The number of carbonyl (C=O) groups excluding carboxylic acids is 1. The van der Waals surface area contributed by atoms with Crippen molar-refractivity contribution in [3.8, 4) is 11.8 Å². The van der Waals surface area contributed by atoms with E-state index in [2.05, 4.69) is 21.2 Å². The first-order valence-electron chi connectivity index (χ1n) is 9.64. The van der Waals surface area contributed by atoms with E-state index in [1.807, 2.05) is 0 Å². The predicted octanol–water partition coefficient (Wildman–Crippen LogP) is 8.55. The van der Waals surface area contributed by atoms with Gasteiger partial charge in [0.05, 0.1) is 15.1 Å². The maximum atomic E-state index is 12.9. The molecule has 3 rings (SSSR count). The third kappa shape index (κ3) is 7.15. The highest BCUT2D eigenvalue weighted by Crippen LogP contribution is 2.36. The van der Waals surface area contributed by atoms with Gasteiger partial charge in [0.15, 0.2) is 5.75 Å². The molecule has 0 saturated carbocycles. The number of amides is 1. The van der Waals surface area contributed by atoms with Crippen LogP contribution in [-0.4, -0.2) is 5.91 Å². The highest BCUT2D eigenvalue weighted by atomic mass is 79.9. The lowest BCUT2D eigenvalue weighted by atomic mass is 10.1. The molecule has 0 spiro atoms. The Hall–Kier alpha value is -2.70. The lowest BCUT2D eigenvalue weighted by Gasteiger charge is -2.12. The van der Waals surface area contributed by atoms with E-state index in [1.54, 1.807) is 30.3 Å². The molecule has 3 aromatic rings. The minimum Gasteiger partial charge on any atom is -0.486 e. The largest absolute Gasteiger partial charge is 0.486 e. The Labute approximate surface area is 222 Å². The van der Waals surface area contributed by atoms with Gasteiger partial charge < -0.3 is 10.1 Å². The SMILES string of the molecule is N#C/C(=C/c1cc(Cl)c(OCc2ccc(Cl)cc2Cl)c(Br)c1)C(=O)Nc1cccc(C(F)(F)F)c1. The molecule has 11 heteroatoms. The van der Waals surface area contributed by atoms with E-state index in [0.717, 1.165) is 18.2 Å². The Morgan fingerprint density at radius 1 is 1.09 bits per heavy atom. The molecule has 0 atom stereocenters. The number of alkyl halides is 3. The molecule has 180 valence electrons. The number of benzene rings is 3. The van der Waals surface area contributed by atoms with E-state index in [4.69, 9.17) is 39.5 Å². The number of hydrogen-bond donors (Lipinski definition) is 1. The molecule has 0 aliphatic heterocycles. The van der Waals surface area contributed by atoms with Crippen LogP contribution in [-0.2, 0) is 17.6 Å². The van der Waals surface area contributed by atoms with E-state index in [-0.39, 0.29) is 22.9 Å². The molecule has 35 heavy (non-hydrogen) atoms. The summed E-state index contributed by atoms with van der Waals surface area (Å²) in [6.07, 6.45) is -3.32. The van der Waals surface area contributed by atoms with Crippen LogP contribution in [0, 0.1) is 11.3 Å². The van der Waals surface area contributed by atoms with Crippen LogP contribution in [0.25, 0.3) is 6.08 Å². The van der Waals surface area contributed by atoms with Gasteiger partial charge in [0.1, 0.15) is 18.2 Å². The first kappa shape index (κ1) is 26.9. The molecular formula is C24H13BrCl3F3N2O2. The summed E-state index contributed by atoms with van der Waals surface area (Å²) in [6.45, 7) is 0.104. The van der Waals surface area contributed by atoms with Gasteiger partial charge in [0.2, 0.25) is 0 Å². The summed E-state index contributed by atoms with van der Waals surface area (Å²) in [6, 6.07) is 13.8. The number of halogens is 7. The molecule has 0 aromatic heterocycles. The van der Waals surface area contributed by atoms with E-state index in [9.17, 15) is 23.2 Å². The van der Waals surface area contributed by atoms with Gasteiger partial charge in [-0.1, -0.05) is 46.9 Å². The number of anilines is 1. The molecule has 0 aliphatic carbocycles. The monoisotopic (exact) mass is 602 g/mol. The molecule has 3 aromatic carbocycles. The standard InChI is InChI=1S/C24H13BrCl3F3N2O2/c25-19-7-13(8-21(28)22(19)35-12-14-4-5-17(26)10-20(14)27)6-15(11-32)23(34)33-18-3-1-2-16(9-18)24(29,30)31/h1-10H,12H2,(H,33,34)/b15-6-. The van der Waals surface area contributed by atoms with Gasteiger partial charge in [-0.05, 0) is 70.0 Å². The predicted molar refractivity (Wildman–Crippen MR) is 134 cm³/mol. The van der Waals surface area contributed by atoms with Gasteiger partial charge in [0, 0.05) is 21.3 Å². The van der Waals surface area contributed by atoms with E-state index in [0.29, 0.717) is 31.4 Å². The molecule has 1 N–H and O–H groups in total. The summed E-state index contributed by atoms with van der Waals surface area (Å²) in [5, 5.41) is 12.8. The zero-order valence-corrected chi connectivity index (χ0v) is 21.2.